The molecule has 0 unspecified atom stereocenters. The van der Waals surface area contributed by atoms with Crippen LogP contribution in [0.4, 0.5) is 11.5 Å². The number of anilines is 2. The van der Waals surface area contributed by atoms with E-state index in [-0.39, 0.29) is 5.91 Å². The Morgan fingerprint density at radius 2 is 1.85 bits per heavy atom. The monoisotopic (exact) mass is 346 g/mol. The highest BCUT2D eigenvalue weighted by Crippen LogP contribution is 2.24. The molecule has 0 saturated heterocycles. The molecule has 0 spiro atoms. The second kappa shape index (κ2) is 8.25. The lowest BCUT2D eigenvalue weighted by Crippen LogP contribution is -2.24. The van der Waals surface area contributed by atoms with Crippen molar-refractivity contribution in [3.8, 4) is 0 Å². The number of hydrogen-bond acceptors (Lipinski definition) is 4. The van der Waals surface area contributed by atoms with Gasteiger partial charge in [-0.05, 0) is 30.0 Å². The van der Waals surface area contributed by atoms with Crippen LogP contribution >= 0.6 is 0 Å². The smallest absolute Gasteiger partial charge is 0.270 e. The minimum absolute atomic E-state index is 0.222. The fourth-order valence-corrected chi connectivity index (χ4v) is 2.75. The molecule has 1 amide bonds. The number of amides is 1. The molecule has 3 rings (SSSR count). The molecule has 26 heavy (non-hydrogen) atoms. The van der Waals surface area contributed by atoms with Gasteiger partial charge < -0.3 is 10.6 Å². The summed E-state index contributed by atoms with van der Waals surface area (Å²) in [5.41, 5.74) is 4.76. The van der Waals surface area contributed by atoms with Crippen molar-refractivity contribution in [2.45, 2.75) is 26.8 Å². The Bertz CT molecular complexity index is 894. The third-order valence-corrected chi connectivity index (χ3v) is 4.19. The fraction of sp³-hybridized carbons (Fsp3) is 0.190. The van der Waals surface area contributed by atoms with Gasteiger partial charge in [0.1, 0.15) is 17.8 Å². The molecule has 0 saturated carbocycles. The number of rotatable bonds is 6. The zero-order chi connectivity index (χ0) is 18.4. The number of nitrogens with one attached hydrogen (secondary N) is 2. The Balaban J connectivity index is 1.73. The van der Waals surface area contributed by atoms with E-state index in [0.29, 0.717) is 18.1 Å². The molecule has 0 bridgehead atoms. The lowest BCUT2D eigenvalue weighted by Gasteiger charge is -2.13. The number of benzene rings is 2. The first-order chi connectivity index (χ1) is 12.7. The predicted octanol–water partition coefficient (Wildman–Crippen LogP) is 4.02. The molecule has 5 heteroatoms. The normalized spacial score (nSPS) is 10.4. The van der Waals surface area contributed by atoms with Gasteiger partial charge >= 0.3 is 0 Å². The summed E-state index contributed by atoms with van der Waals surface area (Å²) < 4.78 is 0. The Kier molecular flexibility index (Phi) is 5.59. The van der Waals surface area contributed by atoms with E-state index in [1.807, 2.05) is 36.4 Å². The molecule has 2 aromatic carbocycles. The molecule has 0 atom stereocenters. The zero-order valence-electron chi connectivity index (χ0n) is 15.0. The average molecular weight is 346 g/mol. The van der Waals surface area contributed by atoms with Crippen LogP contribution in [0.5, 0.6) is 0 Å². The van der Waals surface area contributed by atoms with Gasteiger partial charge in [0.25, 0.3) is 5.91 Å². The Morgan fingerprint density at radius 1 is 1.04 bits per heavy atom. The highest BCUT2D eigenvalue weighted by atomic mass is 16.1. The van der Waals surface area contributed by atoms with Crippen molar-refractivity contribution < 1.29 is 4.79 Å². The van der Waals surface area contributed by atoms with Crippen LogP contribution in [0.25, 0.3) is 0 Å². The lowest BCUT2D eigenvalue weighted by molar-refractivity contribution is 0.0946. The third-order valence-electron chi connectivity index (χ3n) is 4.19. The first-order valence-corrected chi connectivity index (χ1v) is 8.67. The largest absolute Gasteiger partial charge is 0.347 e. The van der Waals surface area contributed by atoms with E-state index in [1.54, 1.807) is 6.07 Å². The molecule has 0 aliphatic carbocycles. The molecule has 3 aromatic rings. The van der Waals surface area contributed by atoms with E-state index in [0.717, 1.165) is 23.2 Å². The van der Waals surface area contributed by atoms with E-state index in [1.165, 1.54) is 11.9 Å². The van der Waals surface area contributed by atoms with Crippen molar-refractivity contribution in [1.29, 1.82) is 0 Å². The van der Waals surface area contributed by atoms with Crippen molar-refractivity contribution in [2.75, 3.05) is 5.32 Å². The molecular formula is C21H22N4O. The molecule has 5 nitrogen and oxygen atoms in total. The quantitative estimate of drug-likeness (QED) is 0.707. The van der Waals surface area contributed by atoms with Crippen LogP contribution in [0.1, 0.15) is 34.1 Å². The maximum absolute atomic E-state index is 12.4. The molecular weight excluding hydrogens is 324 g/mol. The van der Waals surface area contributed by atoms with Crippen molar-refractivity contribution in [2.24, 2.45) is 0 Å². The van der Waals surface area contributed by atoms with E-state index in [9.17, 15) is 4.79 Å². The van der Waals surface area contributed by atoms with Gasteiger partial charge in [-0.2, -0.15) is 0 Å². The van der Waals surface area contributed by atoms with Crippen molar-refractivity contribution in [3.05, 3.63) is 83.3 Å². The summed E-state index contributed by atoms with van der Waals surface area (Å²) in [5.74, 6) is 0.383. The molecule has 0 fully saturated rings. The number of nitrogens with zero attached hydrogens (tertiary/aromatic N) is 2. The van der Waals surface area contributed by atoms with Crippen molar-refractivity contribution in [3.63, 3.8) is 0 Å². The van der Waals surface area contributed by atoms with Crippen molar-refractivity contribution >= 4 is 17.4 Å². The zero-order valence-corrected chi connectivity index (χ0v) is 15.0. The topological polar surface area (TPSA) is 66.9 Å². The summed E-state index contributed by atoms with van der Waals surface area (Å²) in [6.45, 7) is 4.63. The number of aryl methyl sites for hydroxylation is 2. The number of carbonyl (C=O) groups is 1. The second-order valence-electron chi connectivity index (χ2n) is 6.04. The van der Waals surface area contributed by atoms with Gasteiger partial charge in [0.15, 0.2) is 0 Å². The van der Waals surface area contributed by atoms with Crippen LogP contribution in [0.15, 0.2) is 60.9 Å². The van der Waals surface area contributed by atoms with Gasteiger partial charge in [0.2, 0.25) is 0 Å². The summed E-state index contributed by atoms with van der Waals surface area (Å²) in [6.07, 6.45) is 2.32. The van der Waals surface area contributed by atoms with Crippen LogP contribution in [-0.2, 0) is 13.0 Å². The van der Waals surface area contributed by atoms with Crippen LogP contribution < -0.4 is 10.6 Å². The van der Waals surface area contributed by atoms with Crippen LogP contribution in [0.3, 0.4) is 0 Å². The van der Waals surface area contributed by atoms with Crippen molar-refractivity contribution in [1.82, 2.24) is 15.3 Å². The van der Waals surface area contributed by atoms with Gasteiger partial charge in [-0.15, -0.1) is 0 Å². The SMILES string of the molecule is CCc1cccc(C)c1Nc1cc(C(=O)NCc2ccccc2)ncn1. The van der Waals surface area contributed by atoms with Gasteiger partial charge in [-0.3, -0.25) is 4.79 Å². The van der Waals surface area contributed by atoms with E-state index in [2.05, 4.69) is 46.6 Å². The van der Waals surface area contributed by atoms with Crippen LogP contribution in [-0.4, -0.2) is 15.9 Å². The Morgan fingerprint density at radius 3 is 2.62 bits per heavy atom. The summed E-state index contributed by atoms with van der Waals surface area (Å²) in [4.78, 5) is 20.7. The van der Waals surface area contributed by atoms with E-state index in [4.69, 9.17) is 0 Å². The minimum atomic E-state index is -0.222. The minimum Gasteiger partial charge on any atom is -0.347 e. The highest BCUT2D eigenvalue weighted by molar-refractivity contribution is 5.93. The molecule has 0 aliphatic heterocycles. The van der Waals surface area contributed by atoms with E-state index < -0.39 is 0 Å². The van der Waals surface area contributed by atoms with Gasteiger partial charge in [0.05, 0.1) is 0 Å². The van der Waals surface area contributed by atoms with E-state index >= 15 is 0 Å². The summed E-state index contributed by atoms with van der Waals surface area (Å²) >= 11 is 0. The maximum atomic E-state index is 12.4. The molecule has 0 aliphatic rings. The first-order valence-electron chi connectivity index (χ1n) is 8.67. The number of aromatic nitrogens is 2. The summed E-state index contributed by atoms with van der Waals surface area (Å²) in [5, 5.41) is 6.21. The molecule has 132 valence electrons. The maximum Gasteiger partial charge on any atom is 0.270 e. The van der Waals surface area contributed by atoms with Crippen LogP contribution in [0.2, 0.25) is 0 Å². The van der Waals surface area contributed by atoms with Gasteiger partial charge in [-0.1, -0.05) is 55.5 Å². The second-order valence-corrected chi connectivity index (χ2v) is 6.04. The average Bonchev–Trinajstić information content (AvgIpc) is 2.68. The number of para-hydroxylation sites is 1. The number of carbonyl (C=O) groups excluding carboxylic acids is 1. The summed E-state index contributed by atoms with van der Waals surface area (Å²) in [6, 6.07) is 17.6. The summed E-state index contributed by atoms with van der Waals surface area (Å²) in [7, 11) is 0. The highest BCUT2D eigenvalue weighted by Gasteiger charge is 2.10. The predicted molar refractivity (Wildman–Crippen MR) is 103 cm³/mol. The fourth-order valence-electron chi connectivity index (χ4n) is 2.75. The van der Waals surface area contributed by atoms with Gasteiger partial charge in [-0.25, -0.2) is 9.97 Å². The lowest BCUT2D eigenvalue weighted by atomic mass is 10.1. The molecule has 0 radical (unpaired) electrons. The standard InChI is InChI=1S/C21H22N4O/c1-3-17-11-7-8-15(2)20(17)25-19-12-18(23-14-24-19)21(26)22-13-16-9-5-4-6-10-16/h4-12,14H,3,13H2,1-2H3,(H,22,26)(H,23,24,25). The third kappa shape index (κ3) is 4.25. The Hall–Kier alpha value is -3.21. The first kappa shape index (κ1) is 17.6. The van der Waals surface area contributed by atoms with Gasteiger partial charge in [0, 0.05) is 18.3 Å². The Labute approximate surface area is 153 Å². The molecule has 1 heterocycles. The molecule has 1 aromatic heterocycles. The van der Waals surface area contributed by atoms with Crippen LogP contribution in [0, 0.1) is 6.92 Å². The molecule has 2 N–H and O–H groups in total. The number of hydrogen-bond donors (Lipinski definition) is 2.